The predicted molar refractivity (Wildman–Crippen MR) is 122 cm³/mol. The molecule has 0 saturated carbocycles. The van der Waals surface area contributed by atoms with E-state index >= 15 is 0 Å². The number of hydrogen-bond donors (Lipinski definition) is 2. The Balaban J connectivity index is 1.62. The van der Waals surface area contributed by atoms with Crippen LogP contribution in [0.4, 0.5) is 17.2 Å². The molecule has 31 heavy (non-hydrogen) atoms. The molecule has 3 N–H and O–H groups in total. The Morgan fingerprint density at radius 2 is 1.81 bits per heavy atom. The van der Waals surface area contributed by atoms with Crippen LogP contribution in [0.25, 0.3) is 0 Å². The van der Waals surface area contributed by atoms with E-state index in [0.29, 0.717) is 0 Å². The van der Waals surface area contributed by atoms with Crippen LogP contribution in [0.3, 0.4) is 0 Å². The summed E-state index contributed by atoms with van der Waals surface area (Å²) in [5, 5.41) is 0. The monoisotopic (exact) mass is 419 g/mol. The number of carbonyl (C=O) groups is 1. The van der Waals surface area contributed by atoms with Crippen molar-refractivity contribution >= 4 is 23.1 Å². The molecule has 1 aliphatic rings. The molecule has 0 fully saturated rings. The van der Waals surface area contributed by atoms with Gasteiger partial charge in [0.05, 0.1) is 13.1 Å². The van der Waals surface area contributed by atoms with Gasteiger partial charge in [0.15, 0.2) is 0 Å². The maximum atomic E-state index is 13.1. The van der Waals surface area contributed by atoms with Crippen LogP contribution >= 0.6 is 0 Å². The number of amides is 1. The zero-order chi connectivity index (χ0) is 22.1. The van der Waals surface area contributed by atoms with E-state index in [4.69, 9.17) is 5.73 Å². The highest BCUT2D eigenvalue weighted by Crippen LogP contribution is 2.32. The van der Waals surface area contributed by atoms with Gasteiger partial charge in [0.2, 0.25) is 5.91 Å². The maximum absolute atomic E-state index is 13.1. The lowest BCUT2D eigenvalue weighted by atomic mass is 10.1. The summed E-state index contributed by atoms with van der Waals surface area (Å²) in [5.74, 6) is -0.109. The Morgan fingerprint density at radius 3 is 2.55 bits per heavy atom. The molecular weight excluding hydrogens is 394 g/mol. The minimum Gasteiger partial charge on any atom is -0.383 e. The van der Waals surface area contributed by atoms with E-state index in [1.54, 1.807) is 11.9 Å². The number of aromatic amines is 1. The molecule has 3 aromatic rings. The van der Waals surface area contributed by atoms with Crippen molar-refractivity contribution in [3.63, 3.8) is 0 Å². The van der Waals surface area contributed by atoms with Crippen molar-refractivity contribution in [1.29, 1.82) is 0 Å². The second kappa shape index (κ2) is 8.14. The number of H-pyrrole nitrogens is 1. The highest BCUT2D eigenvalue weighted by molar-refractivity contribution is 5.99. The van der Waals surface area contributed by atoms with Gasteiger partial charge in [0.25, 0.3) is 5.56 Å². The molecular formula is C23H25N5O3. The average molecular weight is 419 g/mol. The molecule has 0 spiro atoms. The summed E-state index contributed by atoms with van der Waals surface area (Å²) in [6.45, 7) is 2.17. The number of nitrogens with one attached hydrogen (secondary N) is 1. The Kier molecular flexibility index (Phi) is 5.37. The third kappa shape index (κ3) is 3.84. The van der Waals surface area contributed by atoms with Crippen molar-refractivity contribution in [2.45, 2.75) is 25.9 Å². The molecule has 0 radical (unpaired) electrons. The number of rotatable bonds is 5. The van der Waals surface area contributed by atoms with E-state index in [1.165, 1.54) is 9.47 Å². The Bertz CT molecular complexity index is 1230. The largest absolute Gasteiger partial charge is 0.383 e. The standard InChI is InChI=1S/C23H25N5O3/c1-15-12-17-10-6-7-11-18(17)28(15)19(29)14-26(2)20-21(24)27(23(31)25-22(20)30)13-16-8-4-3-5-9-16/h3-11,15H,12-14,24H2,1-2H3,(H,25,30,31)/t15-/m1/s1. The van der Waals surface area contributed by atoms with Crippen LogP contribution < -0.4 is 26.8 Å². The first-order valence-electron chi connectivity index (χ1n) is 10.1. The van der Waals surface area contributed by atoms with Gasteiger partial charge in [0.1, 0.15) is 11.5 Å². The number of nitrogen functional groups attached to an aromatic ring is 1. The second-order valence-electron chi connectivity index (χ2n) is 7.87. The Hall–Kier alpha value is -3.81. The highest BCUT2D eigenvalue weighted by atomic mass is 16.2. The number of nitrogens with two attached hydrogens (primary N) is 1. The van der Waals surface area contributed by atoms with Crippen LogP contribution in [-0.4, -0.2) is 35.1 Å². The van der Waals surface area contributed by atoms with Crippen LogP contribution in [0, 0.1) is 0 Å². The summed E-state index contributed by atoms with van der Waals surface area (Å²) >= 11 is 0. The molecule has 1 atom stereocenters. The number of carbonyl (C=O) groups excluding carboxylic acids is 1. The molecule has 1 aromatic heterocycles. The van der Waals surface area contributed by atoms with E-state index in [1.807, 2.05) is 61.5 Å². The van der Waals surface area contributed by atoms with Crippen molar-refractivity contribution in [3.8, 4) is 0 Å². The van der Waals surface area contributed by atoms with Gasteiger partial charge in [-0.1, -0.05) is 48.5 Å². The molecule has 4 rings (SSSR count). The lowest BCUT2D eigenvalue weighted by Gasteiger charge is -2.27. The van der Waals surface area contributed by atoms with Crippen molar-refractivity contribution in [1.82, 2.24) is 9.55 Å². The summed E-state index contributed by atoms with van der Waals surface area (Å²) in [5.41, 5.74) is 8.03. The van der Waals surface area contributed by atoms with Crippen LogP contribution in [0.2, 0.25) is 0 Å². The number of likely N-dealkylation sites (N-methyl/N-ethyl adjacent to an activating group) is 1. The number of anilines is 3. The Morgan fingerprint density at radius 1 is 1.13 bits per heavy atom. The predicted octanol–water partition coefficient (Wildman–Crippen LogP) is 1.58. The van der Waals surface area contributed by atoms with Crippen molar-refractivity contribution in [2.75, 3.05) is 29.1 Å². The number of aromatic nitrogens is 2. The molecule has 0 bridgehead atoms. The average Bonchev–Trinajstić information content (AvgIpc) is 3.07. The molecule has 2 aromatic carbocycles. The van der Waals surface area contributed by atoms with Crippen molar-refractivity contribution in [3.05, 3.63) is 86.6 Å². The lowest BCUT2D eigenvalue weighted by Crippen LogP contribution is -2.44. The van der Waals surface area contributed by atoms with Gasteiger partial charge >= 0.3 is 5.69 Å². The van der Waals surface area contributed by atoms with Crippen molar-refractivity contribution < 1.29 is 4.79 Å². The molecule has 0 aliphatic carbocycles. The van der Waals surface area contributed by atoms with Crippen LogP contribution in [0.1, 0.15) is 18.1 Å². The van der Waals surface area contributed by atoms with Gasteiger partial charge in [-0.05, 0) is 30.5 Å². The minimum atomic E-state index is -0.614. The first-order chi connectivity index (χ1) is 14.9. The van der Waals surface area contributed by atoms with Gasteiger partial charge in [-0.25, -0.2) is 4.79 Å². The summed E-state index contributed by atoms with van der Waals surface area (Å²) in [6.07, 6.45) is 0.788. The molecule has 2 heterocycles. The zero-order valence-electron chi connectivity index (χ0n) is 17.5. The summed E-state index contributed by atoms with van der Waals surface area (Å²) in [6, 6.07) is 17.2. The maximum Gasteiger partial charge on any atom is 0.330 e. The fraction of sp³-hybridized carbons (Fsp3) is 0.261. The highest BCUT2D eigenvalue weighted by Gasteiger charge is 2.31. The summed E-state index contributed by atoms with van der Waals surface area (Å²) < 4.78 is 1.31. The first kappa shape index (κ1) is 20.5. The van der Waals surface area contributed by atoms with Gasteiger partial charge < -0.3 is 15.5 Å². The smallest absolute Gasteiger partial charge is 0.330 e. The summed E-state index contributed by atoms with van der Waals surface area (Å²) in [7, 11) is 1.63. The SMILES string of the molecule is C[C@@H]1Cc2ccccc2N1C(=O)CN(C)c1c(N)n(Cc2ccccc2)c(=O)[nH]c1=O. The van der Waals surface area contributed by atoms with Gasteiger partial charge in [-0.2, -0.15) is 0 Å². The molecule has 1 amide bonds. The molecule has 160 valence electrons. The van der Waals surface area contributed by atoms with Crippen LogP contribution in [0.5, 0.6) is 0 Å². The van der Waals surface area contributed by atoms with Crippen LogP contribution in [-0.2, 0) is 17.8 Å². The number of benzene rings is 2. The van der Waals surface area contributed by atoms with E-state index in [9.17, 15) is 14.4 Å². The molecule has 0 unspecified atom stereocenters. The number of para-hydroxylation sites is 1. The first-order valence-corrected chi connectivity index (χ1v) is 10.1. The van der Waals surface area contributed by atoms with Crippen molar-refractivity contribution in [2.24, 2.45) is 0 Å². The number of fused-ring (bicyclic) bond motifs is 1. The molecule has 8 nitrogen and oxygen atoms in total. The zero-order valence-corrected chi connectivity index (χ0v) is 17.5. The van der Waals surface area contributed by atoms with E-state index in [-0.39, 0.29) is 36.5 Å². The Labute approximate surface area is 179 Å². The van der Waals surface area contributed by atoms with Gasteiger partial charge in [-0.15, -0.1) is 0 Å². The number of nitrogens with zero attached hydrogens (tertiary/aromatic N) is 3. The fourth-order valence-corrected chi connectivity index (χ4v) is 4.17. The lowest BCUT2D eigenvalue weighted by molar-refractivity contribution is -0.117. The third-order valence-corrected chi connectivity index (χ3v) is 5.63. The van der Waals surface area contributed by atoms with Gasteiger partial charge in [0, 0.05) is 18.8 Å². The topological polar surface area (TPSA) is 104 Å². The fourth-order valence-electron chi connectivity index (χ4n) is 4.17. The van der Waals surface area contributed by atoms with E-state index in [2.05, 4.69) is 4.98 Å². The minimum absolute atomic E-state index is 0.0287. The quantitative estimate of drug-likeness (QED) is 0.653. The third-order valence-electron chi connectivity index (χ3n) is 5.63. The molecule has 8 heteroatoms. The van der Waals surface area contributed by atoms with E-state index < -0.39 is 11.2 Å². The van der Waals surface area contributed by atoms with E-state index in [0.717, 1.165) is 23.2 Å². The van der Waals surface area contributed by atoms with Crippen LogP contribution in [0.15, 0.2) is 64.2 Å². The molecule has 0 saturated heterocycles. The normalized spacial score (nSPS) is 15.0. The molecule has 1 aliphatic heterocycles. The summed E-state index contributed by atoms with van der Waals surface area (Å²) in [4.78, 5) is 43.7. The van der Waals surface area contributed by atoms with Gasteiger partial charge in [-0.3, -0.25) is 19.1 Å². The number of hydrogen-bond acceptors (Lipinski definition) is 5. The second-order valence-corrected chi connectivity index (χ2v) is 7.87.